The molecule has 3 heterocycles. The Morgan fingerprint density at radius 3 is 2.54 bits per heavy atom. The molecule has 0 atom stereocenters. The molecule has 0 unspecified atom stereocenters. The second-order valence-corrected chi connectivity index (χ2v) is 7.98. The van der Waals surface area contributed by atoms with E-state index in [1.807, 2.05) is 36.5 Å². The summed E-state index contributed by atoms with van der Waals surface area (Å²) in [6.45, 7) is 8.68. The van der Waals surface area contributed by atoms with Crippen LogP contribution in [-0.4, -0.2) is 32.8 Å². The zero-order valence-corrected chi connectivity index (χ0v) is 15.4. The van der Waals surface area contributed by atoms with E-state index in [0.717, 1.165) is 35.6 Å². The summed E-state index contributed by atoms with van der Waals surface area (Å²) in [6, 6.07) is 11.3. The lowest BCUT2D eigenvalue weighted by Gasteiger charge is -2.40. The van der Waals surface area contributed by atoms with Gasteiger partial charge in [-0.25, -0.2) is 9.67 Å². The van der Waals surface area contributed by atoms with Crippen molar-refractivity contribution < 1.29 is 0 Å². The van der Waals surface area contributed by atoms with E-state index in [-0.39, 0.29) is 11.0 Å². The van der Waals surface area contributed by atoms with Crippen molar-refractivity contribution in [2.75, 3.05) is 18.0 Å². The molecule has 1 aliphatic rings. The van der Waals surface area contributed by atoms with Crippen molar-refractivity contribution >= 4 is 16.9 Å². The van der Waals surface area contributed by atoms with Crippen molar-refractivity contribution in [2.24, 2.45) is 5.92 Å². The van der Waals surface area contributed by atoms with E-state index in [9.17, 15) is 4.79 Å². The number of benzene rings is 1. The van der Waals surface area contributed by atoms with Gasteiger partial charge in [-0.15, -0.1) is 0 Å². The molecule has 0 radical (unpaired) electrons. The number of anilines is 1. The molecule has 0 saturated carbocycles. The van der Waals surface area contributed by atoms with Crippen molar-refractivity contribution in [1.82, 2.24) is 19.7 Å². The molecule has 0 spiro atoms. The number of aromatic nitrogens is 4. The smallest absolute Gasteiger partial charge is 0.266 e. The van der Waals surface area contributed by atoms with Crippen LogP contribution in [0.4, 0.5) is 5.82 Å². The first-order valence-corrected chi connectivity index (χ1v) is 8.95. The second-order valence-electron chi connectivity index (χ2n) is 7.98. The van der Waals surface area contributed by atoms with Gasteiger partial charge in [0, 0.05) is 30.5 Å². The van der Waals surface area contributed by atoms with Gasteiger partial charge in [0.15, 0.2) is 0 Å². The van der Waals surface area contributed by atoms with Gasteiger partial charge in [-0.05, 0) is 18.2 Å². The molecular weight excluding hydrogens is 326 g/mol. The Hall–Kier alpha value is -2.76. The predicted molar refractivity (Wildman–Crippen MR) is 102 cm³/mol. The highest BCUT2D eigenvalue weighted by atomic mass is 16.1. The van der Waals surface area contributed by atoms with Gasteiger partial charge in [0.2, 0.25) is 0 Å². The van der Waals surface area contributed by atoms with Gasteiger partial charge in [0.1, 0.15) is 5.82 Å². The first kappa shape index (κ1) is 16.7. The van der Waals surface area contributed by atoms with Crippen LogP contribution in [0.15, 0.2) is 47.4 Å². The standard InChI is InChI=1S/C20H23N5O/c1-20(2,3)17-8-9-19(26)25(23-17)13-14-11-24(12-14)18-10-21-15-6-4-5-7-16(15)22-18/h4-10,14H,11-13H2,1-3H3. The van der Waals surface area contributed by atoms with Crippen LogP contribution in [0.3, 0.4) is 0 Å². The molecule has 0 aliphatic carbocycles. The van der Waals surface area contributed by atoms with Crippen LogP contribution in [-0.2, 0) is 12.0 Å². The highest BCUT2D eigenvalue weighted by Crippen LogP contribution is 2.25. The van der Waals surface area contributed by atoms with Gasteiger partial charge in [-0.1, -0.05) is 32.9 Å². The van der Waals surface area contributed by atoms with Gasteiger partial charge in [-0.2, -0.15) is 5.10 Å². The van der Waals surface area contributed by atoms with E-state index in [2.05, 4.69) is 40.7 Å². The molecule has 2 aromatic heterocycles. The first-order valence-electron chi connectivity index (χ1n) is 8.95. The Morgan fingerprint density at radius 1 is 1.08 bits per heavy atom. The summed E-state index contributed by atoms with van der Waals surface area (Å²) in [5.74, 6) is 1.28. The average molecular weight is 349 g/mol. The first-order chi connectivity index (χ1) is 12.4. The van der Waals surface area contributed by atoms with Crippen LogP contribution >= 0.6 is 0 Å². The van der Waals surface area contributed by atoms with Gasteiger partial charge in [0.25, 0.3) is 5.56 Å². The lowest BCUT2D eigenvalue weighted by atomic mass is 9.92. The van der Waals surface area contributed by atoms with Crippen LogP contribution in [0, 0.1) is 5.92 Å². The van der Waals surface area contributed by atoms with Crippen molar-refractivity contribution in [1.29, 1.82) is 0 Å². The van der Waals surface area contributed by atoms with Crippen molar-refractivity contribution in [3.05, 3.63) is 58.6 Å². The third kappa shape index (κ3) is 3.19. The highest BCUT2D eigenvalue weighted by molar-refractivity contribution is 5.75. The maximum atomic E-state index is 12.1. The number of fused-ring (bicyclic) bond motifs is 1. The molecule has 0 N–H and O–H groups in total. The Kier molecular flexibility index (Phi) is 3.98. The number of nitrogens with zero attached hydrogens (tertiary/aromatic N) is 5. The minimum Gasteiger partial charge on any atom is -0.354 e. The maximum absolute atomic E-state index is 12.1. The third-order valence-corrected chi connectivity index (χ3v) is 4.78. The number of hydrogen-bond acceptors (Lipinski definition) is 5. The molecule has 1 saturated heterocycles. The molecule has 4 rings (SSSR count). The van der Waals surface area contributed by atoms with E-state index in [4.69, 9.17) is 0 Å². The van der Waals surface area contributed by atoms with Gasteiger partial charge in [-0.3, -0.25) is 9.78 Å². The molecule has 1 aromatic carbocycles. The molecule has 134 valence electrons. The largest absolute Gasteiger partial charge is 0.354 e. The Morgan fingerprint density at radius 2 is 1.81 bits per heavy atom. The Bertz CT molecular complexity index is 999. The van der Waals surface area contributed by atoms with Gasteiger partial charge < -0.3 is 4.90 Å². The SMILES string of the molecule is CC(C)(C)c1ccc(=O)n(CC2CN(c3cnc4ccccc4n3)C2)n1. The summed E-state index contributed by atoms with van der Waals surface area (Å²) in [7, 11) is 0. The monoisotopic (exact) mass is 349 g/mol. The topological polar surface area (TPSA) is 63.9 Å². The summed E-state index contributed by atoms with van der Waals surface area (Å²) in [5.41, 5.74) is 2.64. The zero-order valence-electron chi connectivity index (χ0n) is 15.4. The van der Waals surface area contributed by atoms with Crippen molar-refractivity contribution in [3.8, 4) is 0 Å². The molecule has 3 aromatic rings. The summed E-state index contributed by atoms with van der Waals surface area (Å²) in [4.78, 5) is 23.5. The third-order valence-electron chi connectivity index (χ3n) is 4.78. The second kappa shape index (κ2) is 6.20. The Balaban J connectivity index is 1.46. The normalized spacial score (nSPS) is 15.3. The summed E-state index contributed by atoms with van der Waals surface area (Å²) in [5, 5.41) is 4.56. The van der Waals surface area contributed by atoms with E-state index in [1.165, 1.54) is 0 Å². The molecule has 0 bridgehead atoms. The summed E-state index contributed by atoms with van der Waals surface area (Å²) >= 11 is 0. The van der Waals surface area contributed by atoms with E-state index >= 15 is 0 Å². The lowest BCUT2D eigenvalue weighted by Crippen LogP contribution is -2.50. The Labute approximate surface area is 152 Å². The van der Waals surface area contributed by atoms with Crippen molar-refractivity contribution in [2.45, 2.75) is 32.7 Å². The van der Waals surface area contributed by atoms with E-state index < -0.39 is 0 Å². The minimum atomic E-state index is -0.0677. The highest BCUT2D eigenvalue weighted by Gasteiger charge is 2.29. The fourth-order valence-electron chi connectivity index (χ4n) is 3.20. The summed E-state index contributed by atoms with van der Waals surface area (Å²) in [6.07, 6.45) is 1.82. The molecule has 6 heteroatoms. The van der Waals surface area contributed by atoms with Crippen LogP contribution in [0.25, 0.3) is 11.0 Å². The fraction of sp³-hybridized carbons (Fsp3) is 0.400. The molecule has 0 amide bonds. The van der Waals surface area contributed by atoms with Crippen LogP contribution < -0.4 is 10.5 Å². The van der Waals surface area contributed by atoms with Gasteiger partial charge in [0.05, 0.1) is 29.5 Å². The molecule has 26 heavy (non-hydrogen) atoms. The van der Waals surface area contributed by atoms with Crippen LogP contribution in [0.1, 0.15) is 26.5 Å². The summed E-state index contributed by atoms with van der Waals surface area (Å²) < 4.78 is 1.61. The lowest BCUT2D eigenvalue weighted by molar-refractivity contribution is 0.328. The predicted octanol–water partition coefficient (Wildman–Crippen LogP) is 2.62. The minimum absolute atomic E-state index is 0.0399. The fourth-order valence-corrected chi connectivity index (χ4v) is 3.20. The number of para-hydroxylation sites is 2. The van der Waals surface area contributed by atoms with Crippen LogP contribution in [0.2, 0.25) is 0 Å². The number of rotatable bonds is 3. The molecule has 1 aliphatic heterocycles. The zero-order chi connectivity index (χ0) is 18.3. The van der Waals surface area contributed by atoms with Crippen LogP contribution in [0.5, 0.6) is 0 Å². The van der Waals surface area contributed by atoms with E-state index in [0.29, 0.717) is 12.5 Å². The quantitative estimate of drug-likeness (QED) is 0.727. The molecule has 1 fully saturated rings. The van der Waals surface area contributed by atoms with Gasteiger partial charge >= 0.3 is 0 Å². The number of hydrogen-bond donors (Lipinski definition) is 0. The maximum Gasteiger partial charge on any atom is 0.266 e. The average Bonchev–Trinajstić information content (AvgIpc) is 2.57. The molecule has 6 nitrogen and oxygen atoms in total. The molecular formula is C20H23N5O. The van der Waals surface area contributed by atoms with E-state index in [1.54, 1.807) is 10.7 Å². The van der Waals surface area contributed by atoms with Crippen molar-refractivity contribution in [3.63, 3.8) is 0 Å².